The topological polar surface area (TPSA) is 37.4 Å². The smallest absolute Gasteiger partial charge is 0.311 e. The summed E-state index contributed by atoms with van der Waals surface area (Å²) < 4.78 is 11.2. The van der Waals surface area contributed by atoms with Crippen LogP contribution in [0.15, 0.2) is 0 Å². The molecule has 0 aliphatic rings. The lowest BCUT2D eigenvalue weighted by molar-refractivity contribution is 0.222. The summed E-state index contributed by atoms with van der Waals surface area (Å²) in [6.07, 6.45) is 1.85. The van der Waals surface area contributed by atoms with Crippen molar-refractivity contribution in [2.45, 2.75) is 33.6 Å². The average molecular weight is 205 g/mol. The van der Waals surface area contributed by atoms with Crippen LogP contribution in [-0.4, -0.2) is 33.2 Å². The molecule has 0 aromatic heterocycles. The Morgan fingerprint density at radius 1 is 1.15 bits per heavy atom. The number of nitrogens with zero attached hydrogens (tertiary/aromatic N) is 1. The Bertz CT molecular complexity index is 176. The number of amides is 1. The molecule has 0 aromatic carbocycles. The van der Waals surface area contributed by atoms with Crippen molar-refractivity contribution in [2.24, 2.45) is 0 Å². The maximum absolute atomic E-state index is 11.5. The molecule has 0 fully saturated rings. The second-order valence-corrected chi connectivity index (χ2v) is 4.50. The standard InChI is InChI=1S/C9H19NO2S/c1-4-7-10(8-5-2)9(11)13(12)6-3/h4-8H2,1-3H3. The van der Waals surface area contributed by atoms with E-state index in [0.717, 1.165) is 25.9 Å². The molecule has 13 heavy (non-hydrogen) atoms. The second kappa shape index (κ2) is 7.06. The van der Waals surface area contributed by atoms with Gasteiger partial charge in [0.25, 0.3) is 0 Å². The van der Waals surface area contributed by atoms with Gasteiger partial charge in [0.15, 0.2) is 0 Å². The molecule has 4 heteroatoms. The first-order valence-corrected chi connectivity index (χ1v) is 6.16. The van der Waals surface area contributed by atoms with E-state index in [0.29, 0.717) is 5.75 Å². The average Bonchev–Trinajstić information content (AvgIpc) is 2.15. The number of rotatable bonds is 5. The van der Waals surface area contributed by atoms with Gasteiger partial charge in [-0.15, -0.1) is 0 Å². The molecule has 0 aliphatic carbocycles. The summed E-state index contributed by atoms with van der Waals surface area (Å²) in [5, 5.41) is -0.203. The van der Waals surface area contributed by atoms with Gasteiger partial charge in [0.2, 0.25) is 0 Å². The highest BCUT2D eigenvalue weighted by Crippen LogP contribution is 2.00. The Balaban J connectivity index is 4.18. The summed E-state index contributed by atoms with van der Waals surface area (Å²) in [4.78, 5) is 13.2. The number of carbonyl (C=O) groups excluding carboxylic acids is 1. The molecule has 0 aliphatic heterocycles. The van der Waals surface area contributed by atoms with Crippen molar-refractivity contribution < 1.29 is 9.00 Å². The van der Waals surface area contributed by atoms with Gasteiger partial charge in [-0.05, 0) is 12.8 Å². The molecule has 0 N–H and O–H groups in total. The Hall–Kier alpha value is -0.380. The fraction of sp³-hybridized carbons (Fsp3) is 0.889. The molecule has 0 saturated heterocycles. The van der Waals surface area contributed by atoms with E-state index >= 15 is 0 Å². The van der Waals surface area contributed by atoms with Crippen LogP contribution < -0.4 is 0 Å². The fourth-order valence-electron chi connectivity index (χ4n) is 1.10. The third kappa shape index (κ3) is 4.41. The Labute approximate surface area is 83.0 Å². The maximum Gasteiger partial charge on any atom is 0.311 e. The monoisotopic (exact) mass is 205 g/mol. The van der Waals surface area contributed by atoms with Crippen molar-refractivity contribution >= 4 is 16.0 Å². The highest BCUT2D eigenvalue weighted by atomic mass is 32.2. The summed E-state index contributed by atoms with van der Waals surface area (Å²) in [5.41, 5.74) is 0. The minimum atomic E-state index is -1.32. The van der Waals surface area contributed by atoms with Crippen LogP contribution in [0.4, 0.5) is 4.79 Å². The van der Waals surface area contributed by atoms with Gasteiger partial charge in [-0.1, -0.05) is 20.8 Å². The zero-order valence-electron chi connectivity index (χ0n) is 8.71. The highest BCUT2D eigenvalue weighted by molar-refractivity contribution is 8.00. The Morgan fingerprint density at radius 2 is 1.62 bits per heavy atom. The minimum Gasteiger partial charge on any atom is -0.332 e. The summed E-state index contributed by atoms with van der Waals surface area (Å²) in [6, 6.07) is 0. The molecule has 0 radical (unpaired) electrons. The molecule has 1 unspecified atom stereocenters. The van der Waals surface area contributed by atoms with Crippen molar-refractivity contribution in [3.8, 4) is 0 Å². The van der Waals surface area contributed by atoms with Gasteiger partial charge >= 0.3 is 5.24 Å². The summed E-state index contributed by atoms with van der Waals surface area (Å²) in [7, 11) is -1.32. The van der Waals surface area contributed by atoms with Crippen molar-refractivity contribution in [3.63, 3.8) is 0 Å². The maximum atomic E-state index is 11.5. The van der Waals surface area contributed by atoms with Crippen LogP contribution in [-0.2, 0) is 10.8 Å². The van der Waals surface area contributed by atoms with Gasteiger partial charge < -0.3 is 4.90 Å². The molecule has 78 valence electrons. The first-order valence-electron chi connectivity index (χ1n) is 4.84. The largest absolute Gasteiger partial charge is 0.332 e. The van der Waals surface area contributed by atoms with Gasteiger partial charge in [0.1, 0.15) is 10.8 Å². The van der Waals surface area contributed by atoms with Gasteiger partial charge in [0.05, 0.1) is 0 Å². The minimum absolute atomic E-state index is 0.203. The molecule has 0 heterocycles. The molecule has 0 spiro atoms. The lowest BCUT2D eigenvalue weighted by atomic mass is 10.4. The molecular formula is C9H19NO2S. The Morgan fingerprint density at radius 3 is 1.92 bits per heavy atom. The molecule has 1 amide bonds. The van der Waals surface area contributed by atoms with Crippen molar-refractivity contribution in [1.29, 1.82) is 0 Å². The lowest BCUT2D eigenvalue weighted by Crippen LogP contribution is -2.34. The van der Waals surface area contributed by atoms with E-state index < -0.39 is 10.8 Å². The van der Waals surface area contributed by atoms with E-state index in [9.17, 15) is 9.00 Å². The number of carbonyl (C=O) groups is 1. The first kappa shape index (κ1) is 12.6. The normalized spacial score (nSPS) is 12.5. The third-order valence-electron chi connectivity index (χ3n) is 1.70. The second-order valence-electron chi connectivity index (χ2n) is 2.89. The quantitative estimate of drug-likeness (QED) is 0.688. The van der Waals surface area contributed by atoms with Crippen molar-refractivity contribution in [1.82, 2.24) is 4.90 Å². The van der Waals surface area contributed by atoms with E-state index in [1.807, 2.05) is 13.8 Å². The predicted octanol–water partition coefficient (Wildman–Crippen LogP) is 2.00. The van der Waals surface area contributed by atoms with Crippen LogP contribution in [0.2, 0.25) is 0 Å². The number of hydrogen-bond acceptors (Lipinski definition) is 2. The molecular weight excluding hydrogens is 186 g/mol. The van der Waals surface area contributed by atoms with E-state index in [1.54, 1.807) is 11.8 Å². The summed E-state index contributed by atoms with van der Waals surface area (Å²) in [6.45, 7) is 7.25. The van der Waals surface area contributed by atoms with Gasteiger partial charge in [0, 0.05) is 18.8 Å². The molecule has 3 nitrogen and oxygen atoms in total. The fourth-order valence-corrected chi connectivity index (χ4v) is 1.82. The molecule has 1 atom stereocenters. The zero-order chi connectivity index (χ0) is 10.3. The lowest BCUT2D eigenvalue weighted by Gasteiger charge is -2.20. The van der Waals surface area contributed by atoms with Crippen molar-refractivity contribution in [2.75, 3.05) is 18.8 Å². The van der Waals surface area contributed by atoms with E-state index in [2.05, 4.69) is 0 Å². The summed E-state index contributed by atoms with van der Waals surface area (Å²) >= 11 is 0. The number of hydrogen-bond donors (Lipinski definition) is 0. The van der Waals surface area contributed by atoms with Crippen LogP contribution in [0.3, 0.4) is 0 Å². The predicted molar refractivity (Wildman–Crippen MR) is 56.2 cm³/mol. The van der Waals surface area contributed by atoms with E-state index in [-0.39, 0.29) is 5.24 Å². The third-order valence-corrected chi connectivity index (χ3v) is 2.87. The SMILES string of the molecule is CCCN(CCC)C(=O)S(=O)CC. The molecule has 0 aromatic rings. The summed E-state index contributed by atoms with van der Waals surface area (Å²) in [5.74, 6) is 0.419. The zero-order valence-corrected chi connectivity index (χ0v) is 9.52. The Kier molecular flexibility index (Phi) is 6.86. The molecule has 0 bridgehead atoms. The van der Waals surface area contributed by atoms with Crippen LogP contribution >= 0.6 is 0 Å². The van der Waals surface area contributed by atoms with Gasteiger partial charge in [-0.25, -0.2) is 4.21 Å². The van der Waals surface area contributed by atoms with Crippen LogP contribution in [0.25, 0.3) is 0 Å². The first-order chi connectivity index (χ1) is 6.17. The van der Waals surface area contributed by atoms with E-state index in [4.69, 9.17) is 0 Å². The molecule has 0 saturated carbocycles. The van der Waals surface area contributed by atoms with Gasteiger partial charge in [-0.2, -0.15) is 0 Å². The van der Waals surface area contributed by atoms with Crippen molar-refractivity contribution in [3.05, 3.63) is 0 Å². The highest BCUT2D eigenvalue weighted by Gasteiger charge is 2.16. The molecule has 0 rings (SSSR count). The van der Waals surface area contributed by atoms with Crippen LogP contribution in [0.1, 0.15) is 33.6 Å². The van der Waals surface area contributed by atoms with Crippen LogP contribution in [0.5, 0.6) is 0 Å². The van der Waals surface area contributed by atoms with E-state index in [1.165, 1.54) is 0 Å². The van der Waals surface area contributed by atoms with Crippen LogP contribution in [0, 0.1) is 0 Å². The van der Waals surface area contributed by atoms with Gasteiger partial charge in [-0.3, -0.25) is 4.79 Å².